The number of hydrogen-bond acceptors (Lipinski definition) is 5. The van der Waals surface area contributed by atoms with Gasteiger partial charge in [0.05, 0.1) is 28.7 Å². The van der Waals surface area contributed by atoms with E-state index in [-0.39, 0.29) is 16.3 Å². The van der Waals surface area contributed by atoms with Gasteiger partial charge in [0.2, 0.25) is 0 Å². The second kappa shape index (κ2) is 5.45. The van der Waals surface area contributed by atoms with Gasteiger partial charge in [-0.25, -0.2) is 4.39 Å². The third kappa shape index (κ3) is 3.20. The van der Waals surface area contributed by atoms with Gasteiger partial charge in [-0.15, -0.1) is 11.8 Å². The summed E-state index contributed by atoms with van der Waals surface area (Å²) in [6, 6.07) is 3.19. The molecule has 0 aliphatic heterocycles. The highest BCUT2D eigenvalue weighted by molar-refractivity contribution is 8.00. The first-order valence-electron chi connectivity index (χ1n) is 4.18. The molecule has 0 radical (unpaired) electrons. The number of carbonyl (C=O) groups is 1. The Kier molecular flexibility index (Phi) is 4.24. The highest BCUT2D eigenvalue weighted by atomic mass is 32.2. The molecule has 0 saturated carbocycles. The van der Waals surface area contributed by atoms with Crippen molar-refractivity contribution in [3.8, 4) is 0 Å². The fourth-order valence-corrected chi connectivity index (χ4v) is 1.79. The summed E-state index contributed by atoms with van der Waals surface area (Å²) in [6.45, 7) is 0. The normalized spacial score (nSPS) is 9.88. The third-order valence-electron chi connectivity index (χ3n) is 1.69. The maximum Gasteiger partial charge on any atom is 0.315 e. The Balaban J connectivity index is 2.87. The zero-order chi connectivity index (χ0) is 12.1. The smallest absolute Gasteiger partial charge is 0.315 e. The van der Waals surface area contributed by atoms with Crippen LogP contribution in [0.4, 0.5) is 10.1 Å². The summed E-state index contributed by atoms with van der Waals surface area (Å²) in [7, 11) is 1.22. The summed E-state index contributed by atoms with van der Waals surface area (Å²) < 4.78 is 17.2. The maximum absolute atomic E-state index is 12.8. The van der Waals surface area contributed by atoms with Crippen LogP contribution >= 0.6 is 11.8 Å². The lowest BCUT2D eigenvalue weighted by molar-refractivity contribution is -0.387. The van der Waals surface area contributed by atoms with E-state index in [0.29, 0.717) is 0 Å². The van der Waals surface area contributed by atoms with Crippen molar-refractivity contribution in [3.63, 3.8) is 0 Å². The molecule has 0 aliphatic rings. The van der Waals surface area contributed by atoms with Crippen molar-refractivity contribution in [1.29, 1.82) is 0 Å². The summed E-state index contributed by atoms with van der Waals surface area (Å²) in [5, 5.41) is 10.6. The molecular formula is C9H8FNO4S. The van der Waals surface area contributed by atoms with Crippen LogP contribution in [0.5, 0.6) is 0 Å². The Morgan fingerprint density at radius 2 is 2.31 bits per heavy atom. The van der Waals surface area contributed by atoms with Gasteiger partial charge in [-0.3, -0.25) is 14.9 Å². The SMILES string of the molecule is COC(=O)CSc1ccc(F)cc1[N+](=O)[O-]. The molecule has 0 bridgehead atoms. The molecule has 0 aliphatic carbocycles. The molecular weight excluding hydrogens is 237 g/mol. The predicted octanol–water partition coefficient (Wildman–Crippen LogP) is 2.00. The van der Waals surface area contributed by atoms with Gasteiger partial charge in [0.1, 0.15) is 5.82 Å². The van der Waals surface area contributed by atoms with Crippen molar-refractivity contribution in [3.05, 3.63) is 34.1 Å². The molecule has 1 aromatic rings. The molecule has 86 valence electrons. The lowest BCUT2D eigenvalue weighted by Crippen LogP contribution is -2.03. The summed E-state index contributed by atoms with van der Waals surface area (Å²) >= 11 is 0.934. The van der Waals surface area contributed by atoms with Gasteiger partial charge < -0.3 is 4.74 Å². The molecule has 0 aromatic heterocycles. The second-order valence-electron chi connectivity index (χ2n) is 2.73. The van der Waals surface area contributed by atoms with E-state index in [0.717, 1.165) is 23.9 Å². The Morgan fingerprint density at radius 3 is 2.88 bits per heavy atom. The molecule has 7 heteroatoms. The van der Waals surface area contributed by atoms with Gasteiger partial charge in [0.15, 0.2) is 0 Å². The summed E-state index contributed by atoms with van der Waals surface area (Å²) in [4.78, 5) is 21.0. The zero-order valence-corrected chi connectivity index (χ0v) is 9.12. The van der Waals surface area contributed by atoms with E-state index >= 15 is 0 Å². The number of carbonyl (C=O) groups excluding carboxylic acids is 1. The summed E-state index contributed by atoms with van der Waals surface area (Å²) in [5.74, 6) is -1.24. The van der Waals surface area contributed by atoms with Crippen molar-refractivity contribution in [2.75, 3.05) is 12.9 Å². The van der Waals surface area contributed by atoms with Crippen LogP contribution in [-0.2, 0) is 9.53 Å². The van der Waals surface area contributed by atoms with Crippen LogP contribution in [0.15, 0.2) is 23.1 Å². The molecule has 1 aromatic carbocycles. The quantitative estimate of drug-likeness (QED) is 0.351. The molecule has 0 N–H and O–H groups in total. The minimum Gasteiger partial charge on any atom is -0.468 e. The van der Waals surface area contributed by atoms with Gasteiger partial charge in [-0.2, -0.15) is 0 Å². The lowest BCUT2D eigenvalue weighted by Gasteiger charge is -2.01. The number of nitro benzene ring substituents is 1. The molecule has 0 unspecified atom stereocenters. The minimum atomic E-state index is -0.692. The molecule has 0 amide bonds. The van der Waals surface area contributed by atoms with Gasteiger partial charge in [0, 0.05) is 0 Å². The summed E-state index contributed by atoms with van der Waals surface area (Å²) in [5.41, 5.74) is -0.353. The molecule has 5 nitrogen and oxygen atoms in total. The van der Waals surface area contributed by atoms with Crippen molar-refractivity contribution in [2.24, 2.45) is 0 Å². The molecule has 16 heavy (non-hydrogen) atoms. The third-order valence-corrected chi connectivity index (χ3v) is 2.73. The van der Waals surface area contributed by atoms with Crippen LogP contribution < -0.4 is 0 Å². The number of ether oxygens (including phenoxy) is 1. The average Bonchev–Trinajstić information content (AvgIpc) is 2.26. The fraction of sp³-hybridized carbons (Fsp3) is 0.222. The van der Waals surface area contributed by atoms with Crippen LogP contribution in [0.2, 0.25) is 0 Å². The van der Waals surface area contributed by atoms with Gasteiger partial charge >= 0.3 is 5.97 Å². The topological polar surface area (TPSA) is 69.4 Å². The fourth-order valence-electron chi connectivity index (χ4n) is 0.951. The van der Waals surface area contributed by atoms with Crippen LogP contribution in [-0.4, -0.2) is 23.8 Å². The second-order valence-corrected chi connectivity index (χ2v) is 3.75. The van der Waals surface area contributed by atoms with Crippen molar-refractivity contribution >= 4 is 23.4 Å². The Labute approximate surface area is 94.7 Å². The van der Waals surface area contributed by atoms with E-state index in [2.05, 4.69) is 4.74 Å². The minimum absolute atomic E-state index is 0.0526. The number of hydrogen-bond donors (Lipinski definition) is 0. The highest BCUT2D eigenvalue weighted by Gasteiger charge is 2.16. The van der Waals surface area contributed by atoms with E-state index in [1.54, 1.807) is 0 Å². The number of nitro groups is 1. The molecule has 0 heterocycles. The van der Waals surface area contributed by atoms with E-state index in [1.165, 1.54) is 13.2 Å². The van der Waals surface area contributed by atoms with Crippen LogP contribution in [0.3, 0.4) is 0 Å². The Bertz CT molecular complexity index is 424. The molecule has 0 spiro atoms. The van der Waals surface area contributed by atoms with Crippen molar-refractivity contribution in [2.45, 2.75) is 4.90 Å². The Morgan fingerprint density at radius 1 is 1.62 bits per heavy atom. The van der Waals surface area contributed by atoms with Gasteiger partial charge in [-0.1, -0.05) is 0 Å². The monoisotopic (exact) mass is 245 g/mol. The molecule has 0 atom stereocenters. The Hall–Kier alpha value is -1.63. The number of benzene rings is 1. The standard InChI is InChI=1S/C9H8FNO4S/c1-15-9(12)5-16-8-3-2-6(10)4-7(8)11(13)14/h2-4H,5H2,1H3. The number of rotatable bonds is 4. The van der Waals surface area contributed by atoms with Gasteiger partial charge in [0.25, 0.3) is 5.69 Å². The first-order valence-corrected chi connectivity index (χ1v) is 5.16. The van der Waals surface area contributed by atoms with E-state index in [4.69, 9.17) is 0 Å². The summed E-state index contributed by atoms with van der Waals surface area (Å²) in [6.07, 6.45) is 0. The van der Waals surface area contributed by atoms with Crippen molar-refractivity contribution < 1.29 is 18.8 Å². The predicted molar refractivity (Wildman–Crippen MR) is 55.8 cm³/mol. The van der Waals surface area contributed by atoms with E-state index < -0.39 is 16.7 Å². The maximum atomic E-state index is 12.8. The first-order chi connectivity index (χ1) is 7.54. The van der Waals surface area contributed by atoms with Crippen molar-refractivity contribution in [1.82, 2.24) is 0 Å². The van der Waals surface area contributed by atoms with E-state index in [1.807, 2.05) is 0 Å². The molecule has 1 rings (SSSR count). The van der Waals surface area contributed by atoms with Crippen LogP contribution in [0.1, 0.15) is 0 Å². The first kappa shape index (κ1) is 12.4. The largest absolute Gasteiger partial charge is 0.468 e. The van der Waals surface area contributed by atoms with Crippen LogP contribution in [0, 0.1) is 15.9 Å². The van der Waals surface area contributed by atoms with Gasteiger partial charge in [-0.05, 0) is 12.1 Å². The molecule has 0 fully saturated rings. The molecule has 0 saturated heterocycles. The number of nitrogens with zero attached hydrogens (tertiary/aromatic N) is 1. The number of methoxy groups -OCH3 is 1. The van der Waals surface area contributed by atoms with E-state index in [9.17, 15) is 19.3 Å². The average molecular weight is 245 g/mol. The zero-order valence-electron chi connectivity index (χ0n) is 8.31. The lowest BCUT2D eigenvalue weighted by atomic mass is 10.3. The highest BCUT2D eigenvalue weighted by Crippen LogP contribution is 2.29. The number of esters is 1. The number of halogens is 1. The van der Waals surface area contributed by atoms with Crippen LogP contribution in [0.25, 0.3) is 0 Å². The number of thioether (sulfide) groups is 1.